The molecule has 2 aromatic rings. The third-order valence-corrected chi connectivity index (χ3v) is 3.79. The fraction of sp³-hybridized carbons (Fsp3) is 0.375. The molecule has 1 aromatic carbocycles. The first-order valence-electron chi connectivity index (χ1n) is 6.93. The van der Waals surface area contributed by atoms with Gasteiger partial charge in [-0.2, -0.15) is 4.98 Å². The average Bonchev–Trinajstić information content (AvgIpc) is 3.23. The first-order chi connectivity index (χ1) is 9.54. The van der Waals surface area contributed by atoms with E-state index in [2.05, 4.69) is 23.8 Å². The summed E-state index contributed by atoms with van der Waals surface area (Å²) in [5, 5.41) is 0. The Bertz CT molecular complexity index is 663. The van der Waals surface area contributed by atoms with Crippen LogP contribution in [0.3, 0.4) is 0 Å². The highest BCUT2D eigenvalue weighted by atomic mass is 16.5. The van der Waals surface area contributed by atoms with Crippen molar-refractivity contribution in [3.05, 3.63) is 40.7 Å². The van der Waals surface area contributed by atoms with Gasteiger partial charge < -0.3 is 10.5 Å². The molecule has 0 atom stereocenters. The maximum Gasteiger partial charge on any atom is 0.227 e. The third-order valence-electron chi connectivity index (χ3n) is 3.79. The van der Waals surface area contributed by atoms with E-state index < -0.39 is 0 Å². The number of anilines is 1. The Labute approximate surface area is 119 Å². The number of aromatic nitrogens is 2. The van der Waals surface area contributed by atoms with Crippen LogP contribution in [0, 0.1) is 20.8 Å². The van der Waals surface area contributed by atoms with Crippen LogP contribution < -0.4 is 10.5 Å². The van der Waals surface area contributed by atoms with Crippen LogP contribution >= 0.6 is 0 Å². The van der Waals surface area contributed by atoms with E-state index in [0.29, 0.717) is 17.6 Å². The van der Waals surface area contributed by atoms with Crippen molar-refractivity contribution in [2.45, 2.75) is 39.5 Å². The normalized spacial score (nSPS) is 14.3. The molecule has 104 valence electrons. The van der Waals surface area contributed by atoms with E-state index in [1.165, 1.54) is 11.1 Å². The maximum absolute atomic E-state index is 5.96. The number of ether oxygens (including phenoxy) is 1. The largest absolute Gasteiger partial charge is 0.439 e. The molecular weight excluding hydrogens is 250 g/mol. The number of nitrogens with zero attached hydrogens (tertiary/aromatic N) is 2. The Morgan fingerprint density at radius 3 is 2.50 bits per heavy atom. The Morgan fingerprint density at radius 1 is 1.10 bits per heavy atom. The highest BCUT2D eigenvalue weighted by Crippen LogP contribution is 2.40. The molecule has 0 spiro atoms. The molecule has 4 heteroatoms. The molecule has 0 amide bonds. The molecule has 1 saturated carbocycles. The predicted molar refractivity (Wildman–Crippen MR) is 79.1 cm³/mol. The minimum Gasteiger partial charge on any atom is -0.439 e. The Morgan fingerprint density at radius 2 is 1.85 bits per heavy atom. The molecule has 0 aliphatic heterocycles. The van der Waals surface area contributed by atoms with Crippen molar-refractivity contribution in [3.8, 4) is 11.6 Å². The summed E-state index contributed by atoms with van der Waals surface area (Å²) in [5.74, 6) is 3.14. The van der Waals surface area contributed by atoms with Crippen molar-refractivity contribution < 1.29 is 4.74 Å². The van der Waals surface area contributed by atoms with E-state index in [1.54, 1.807) is 0 Å². The number of benzene rings is 1. The molecule has 1 aliphatic rings. The van der Waals surface area contributed by atoms with Gasteiger partial charge in [0, 0.05) is 5.92 Å². The lowest BCUT2D eigenvalue weighted by molar-refractivity contribution is 0.454. The van der Waals surface area contributed by atoms with Crippen molar-refractivity contribution in [2.75, 3.05) is 5.73 Å². The quantitative estimate of drug-likeness (QED) is 0.923. The molecule has 2 N–H and O–H groups in total. The van der Waals surface area contributed by atoms with Crippen LogP contribution in [0.15, 0.2) is 18.2 Å². The molecular formula is C16H19N3O. The summed E-state index contributed by atoms with van der Waals surface area (Å²) in [5.41, 5.74) is 9.21. The molecule has 4 nitrogen and oxygen atoms in total. The van der Waals surface area contributed by atoms with E-state index in [4.69, 9.17) is 10.5 Å². The summed E-state index contributed by atoms with van der Waals surface area (Å²) in [6, 6.07) is 6.02. The monoisotopic (exact) mass is 269 g/mol. The van der Waals surface area contributed by atoms with Gasteiger partial charge in [-0.1, -0.05) is 6.07 Å². The highest BCUT2D eigenvalue weighted by Gasteiger charge is 2.28. The van der Waals surface area contributed by atoms with Crippen LogP contribution in [0.2, 0.25) is 0 Å². The Kier molecular flexibility index (Phi) is 3.08. The van der Waals surface area contributed by atoms with Crippen molar-refractivity contribution in [1.82, 2.24) is 9.97 Å². The van der Waals surface area contributed by atoms with Gasteiger partial charge in [0.15, 0.2) is 0 Å². The zero-order chi connectivity index (χ0) is 14.3. The smallest absolute Gasteiger partial charge is 0.227 e. The van der Waals surface area contributed by atoms with Gasteiger partial charge in [-0.05, 0) is 56.9 Å². The molecule has 1 aromatic heterocycles. The van der Waals surface area contributed by atoms with Crippen LogP contribution in [0.5, 0.6) is 11.6 Å². The van der Waals surface area contributed by atoms with Gasteiger partial charge in [-0.25, -0.2) is 4.98 Å². The number of hydrogen-bond donors (Lipinski definition) is 1. The van der Waals surface area contributed by atoms with Gasteiger partial charge in [-0.15, -0.1) is 0 Å². The summed E-state index contributed by atoms with van der Waals surface area (Å²) < 4.78 is 5.91. The van der Waals surface area contributed by atoms with E-state index in [0.717, 1.165) is 30.0 Å². The molecule has 20 heavy (non-hydrogen) atoms. The van der Waals surface area contributed by atoms with Crippen LogP contribution in [-0.2, 0) is 0 Å². The minimum absolute atomic E-state index is 0.458. The summed E-state index contributed by atoms with van der Waals surface area (Å²) in [6.45, 7) is 6.04. The molecule has 1 heterocycles. The zero-order valence-electron chi connectivity index (χ0n) is 12.1. The predicted octanol–water partition coefficient (Wildman–Crippen LogP) is 3.65. The van der Waals surface area contributed by atoms with Crippen LogP contribution in [0.25, 0.3) is 0 Å². The standard InChI is InChI=1S/C16H19N3O/c1-9-4-7-13(8-10(9)2)20-16-11(3)14(17)18-15(19-16)12-5-6-12/h4,7-8,12H,5-6H2,1-3H3,(H2,17,18,19). The van der Waals surface area contributed by atoms with Gasteiger partial charge in [0.2, 0.25) is 5.88 Å². The zero-order valence-corrected chi connectivity index (χ0v) is 12.1. The molecule has 0 saturated heterocycles. The number of hydrogen-bond acceptors (Lipinski definition) is 4. The molecule has 0 bridgehead atoms. The summed E-state index contributed by atoms with van der Waals surface area (Å²) >= 11 is 0. The number of aryl methyl sites for hydroxylation is 2. The fourth-order valence-corrected chi connectivity index (χ4v) is 2.04. The Hall–Kier alpha value is -2.10. The second-order valence-corrected chi connectivity index (χ2v) is 5.52. The fourth-order valence-electron chi connectivity index (χ4n) is 2.04. The highest BCUT2D eigenvalue weighted by molar-refractivity contribution is 5.47. The lowest BCUT2D eigenvalue weighted by Gasteiger charge is -2.12. The Balaban J connectivity index is 1.94. The van der Waals surface area contributed by atoms with Crippen LogP contribution in [0.1, 0.15) is 41.3 Å². The molecule has 3 rings (SSSR count). The van der Waals surface area contributed by atoms with Crippen molar-refractivity contribution in [1.29, 1.82) is 0 Å². The van der Waals surface area contributed by atoms with Gasteiger partial charge in [0.1, 0.15) is 17.4 Å². The van der Waals surface area contributed by atoms with E-state index in [9.17, 15) is 0 Å². The van der Waals surface area contributed by atoms with Crippen LogP contribution in [-0.4, -0.2) is 9.97 Å². The van der Waals surface area contributed by atoms with E-state index in [1.807, 2.05) is 25.1 Å². The van der Waals surface area contributed by atoms with Crippen molar-refractivity contribution in [2.24, 2.45) is 0 Å². The second kappa shape index (κ2) is 4.78. The molecule has 1 fully saturated rings. The first kappa shape index (κ1) is 12.9. The summed E-state index contributed by atoms with van der Waals surface area (Å²) in [6.07, 6.45) is 2.29. The topological polar surface area (TPSA) is 61.0 Å². The SMILES string of the molecule is Cc1ccc(Oc2nc(C3CC3)nc(N)c2C)cc1C. The van der Waals surface area contributed by atoms with Gasteiger partial charge in [-0.3, -0.25) is 0 Å². The summed E-state index contributed by atoms with van der Waals surface area (Å²) in [7, 11) is 0. The first-order valence-corrected chi connectivity index (χ1v) is 6.93. The van der Waals surface area contributed by atoms with Gasteiger partial charge in [0.05, 0.1) is 5.56 Å². The van der Waals surface area contributed by atoms with E-state index >= 15 is 0 Å². The average molecular weight is 269 g/mol. The maximum atomic E-state index is 5.96. The van der Waals surface area contributed by atoms with Gasteiger partial charge >= 0.3 is 0 Å². The number of rotatable bonds is 3. The third kappa shape index (κ3) is 2.46. The number of nitrogen functional groups attached to an aromatic ring is 1. The summed E-state index contributed by atoms with van der Waals surface area (Å²) in [4.78, 5) is 8.88. The van der Waals surface area contributed by atoms with Crippen molar-refractivity contribution in [3.63, 3.8) is 0 Å². The van der Waals surface area contributed by atoms with Crippen LogP contribution in [0.4, 0.5) is 5.82 Å². The second-order valence-electron chi connectivity index (χ2n) is 5.52. The minimum atomic E-state index is 0.458. The molecule has 0 unspecified atom stereocenters. The molecule has 0 radical (unpaired) electrons. The number of nitrogens with two attached hydrogens (primary N) is 1. The lowest BCUT2D eigenvalue weighted by Crippen LogP contribution is -2.04. The lowest BCUT2D eigenvalue weighted by atomic mass is 10.1. The van der Waals surface area contributed by atoms with Gasteiger partial charge in [0.25, 0.3) is 0 Å². The van der Waals surface area contributed by atoms with E-state index in [-0.39, 0.29) is 0 Å². The van der Waals surface area contributed by atoms with Crippen molar-refractivity contribution >= 4 is 5.82 Å². The molecule has 1 aliphatic carbocycles.